The summed E-state index contributed by atoms with van der Waals surface area (Å²) in [6, 6.07) is 3.88. The van der Waals surface area contributed by atoms with Gasteiger partial charge in [0.2, 0.25) is 0 Å². The van der Waals surface area contributed by atoms with E-state index in [-0.39, 0.29) is 5.92 Å². The standard InChI is InChI=1S/C12H17NOS/c13-8-9-3-5-10(6-4-9)12(14)11-2-1-7-15-11/h1-2,7,9-10H,3-6,8,13H2. The molecule has 2 N–H and O–H groups in total. The van der Waals surface area contributed by atoms with Gasteiger partial charge in [-0.15, -0.1) is 11.3 Å². The van der Waals surface area contributed by atoms with E-state index in [4.69, 9.17) is 5.73 Å². The van der Waals surface area contributed by atoms with E-state index in [9.17, 15) is 4.79 Å². The molecule has 0 unspecified atom stereocenters. The second kappa shape index (κ2) is 4.90. The summed E-state index contributed by atoms with van der Waals surface area (Å²) in [6.45, 7) is 0.778. The first kappa shape index (κ1) is 10.8. The summed E-state index contributed by atoms with van der Waals surface area (Å²) in [5, 5.41) is 1.97. The number of thiophene rings is 1. The van der Waals surface area contributed by atoms with Crippen LogP contribution < -0.4 is 5.73 Å². The van der Waals surface area contributed by atoms with Gasteiger partial charge in [0.05, 0.1) is 4.88 Å². The first-order chi connectivity index (χ1) is 7.31. The van der Waals surface area contributed by atoms with Crippen molar-refractivity contribution in [2.75, 3.05) is 6.54 Å². The highest BCUT2D eigenvalue weighted by atomic mass is 32.1. The van der Waals surface area contributed by atoms with Gasteiger partial charge in [0.25, 0.3) is 0 Å². The molecule has 0 saturated heterocycles. The molecule has 1 aliphatic rings. The molecule has 0 aromatic carbocycles. The van der Waals surface area contributed by atoms with E-state index < -0.39 is 0 Å². The summed E-state index contributed by atoms with van der Waals surface area (Å²) < 4.78 is 0. The third-order valence-corrected chi connectivity index (χ3v) is 4.20. The Hall–Kier alpha value is -0.670. The van der Waals surface area contributed by atoms with E-state index in [2.05, 4.69) is 0 Å². The van der Waals surface area contributed by atoms with E-state index >= 15 is 0 Å². The van der Waals surface area contributed by atoms with E-state index in [0.29, 0.717) is 11.7 Å². The molecule has 0 bridgehead atoms. The Kier molecular flexibility index (Phi) is 3.54. The van der Waals surface area contributed by atoms with Crippen LogP contribution in [0.5, 0.6) is 0 Å². The normalized spacial score (nSPS) is 26.5. The van der Waals surface area contributed by atoms with Gasteiger partial charge in [0.1, 0.15) is 0 Å². The van der Waals surface area contributed by atoms with Gasteiger partial charge in [-0.2, -0.15) is 0 Å². The first-order valence-electron chi connectivity index (χ1n) is 5.59. The number of carbonyl (C=O) groups is 1. The van der Waals surface area contributed by atoms with E-state index in [1.165, 1.54) is 0 Å². The highest BCUT2D eigenvalue weighted by molar-refractivity contribution is 7.12. The van der Waals surface area contributed by atoms with Gasteiger partial charge in [-0.3, -0.25) is 4.79 Å². The fourth-order valence-corrected chi connectivity index (χ4v) is 3.02. The molecule has 0 aliphatic heterocycles. The Balaban J connectivity index is 1.93. The molecule has 1 aliphatic carbocycles. The molecular formula is C12H17NOS. The SMILES string of the molecule is NCC1CCC(C(=O)c2cccs2)CC1. The summed E-state index contributed by atoms with van der Waals surface area (Å²) in [5.41, 5.74) is 5.64. The molecule has 1 fully saturated rings. The first-order valence-corrected chi connectivity index (χ1v) is 6.47. The molecule has 3 heteroatoms. The Morgan fingerprint density at radius 3 is 2.67 bits per heavy atom. The largest absolute Gasteiger partial charge is 0.330 e. The van der Waals surface area contributed by atoms with E-state index in [1.54, 1.807) is 11.3 Å². The Morgan fingerprint density at radius 2 is 2.13 bits per heavy atom. The fraction of sp³-hybridized carbons (Fsp3) is 0.583. The summed E-state index contributed by atoms with van der Waals surface area (Å²) in [5.74, 6) is 1.25. The van der Waals surface area contributed by atoms with Crippen molar-refractivity contribution in [3.05, 3.63) is 22.4 Å². The number of carbonyl (C=O) groups excluding carboxylic acids is 1. The zero-order valence-corrected chi connectivity index (χ0v) is 9.63. The molecule has 2 nitrogen and oxygen atoms in total. The van der Waals surface area contributed by atoms with Crippen molar-refractivity contribution in [1.29, 1.82) is 0 Å². The van der Waals surface area contributed by atoms with Crippen molar-refractivity contribution in [3.63, 3.8) is 0 Å². The zero-order valence-electron chi connectivity index (χ0n) is 8.82. The Bertz CT molecular complexity index is 312. The van der Waals surface area contributed by atoms with Gasteiger partial charge in [0, 0.05) is 5.92 Å². The lowest BCUT2D eigenvalue weighted by Gasteiger charge is -2.26. The van der Waals surface area contributed by atoms with Crippen LogP contribution in [-0.2, 0) is 0 Å². The Morgan fingerprint density at radius 1 is 1.40 bits per heavy atom. The zero-order chi connectivity index (χ0) is 10.7. The monoisotopic (exact) mass is 223 g/mol. The minimum Gasteiger partial charge on any atom is -0.330 e. The molecule has 0 spiro atoms. The van der Waals surface area contributed by atoms with Crippen LogP contribution in [0.25, 0.3) is 0 Å². The van der Waals surface area contributed by atoms with Crippen molar-refractivity contribution in [3.8, 4) is 0 Å². The predicted octanol–water partition coefficient (Wildman–Crippen LogP) is 2.70. The third kappa shape index (κ3) is 2.47. The minimum atomic E-state index is 0.256. The average molecular weight is 223 g/mol. The van der Waals surface area contributed by atoms with Gasteiger partial charge >= 0.3 is 0 Å². The maximum atomic E-state index is 12.0. The lowest BCUT2D eigenvalue weighted by Crippen LogP contribution is -2.25. The van der Waals surface area contributed by atoms with Crippen LogP contribution >= 0.6 is 11.3 Å². The number of rotatable bonds is 3. The maximum absolute atomic E-state index is 12.0. The van der Waals surface area contributed by atoms with Crippen LogP contribution in [0.4, 0.5) is 0 Å². The van der Waals surface area contributed by atoms with Gasteiger partial charge in [-0.25, -0.2) is 0 Å². The summed E-state index contributed by atoms with van der Waals surface area (Å²) in [7, 11) is 0. The van der Waals surface area contributed by atoms with Crippen LogP contribution in [0.3, 0.4) is 0 Å². The fourth-order valence-electron chi connectivity index (χ4n) is 2.28. The number of hydrogen-bond donors (Lipinski definition) is 1. The third-order valence-electron chi connectivity index (χ3n) is 3.31. The van der Waals surface area contributed by atoms with Crippen molar-refractivity contribution in [1.82, 2.24) is 0 Å². The molecule has 0 amide bonds. The van der Waals surface area contributed by atoms with E-state index in [1.807, 2.05) is 17.5 Å². The predicted molar refractivity (Wildman–Crippen MR) is 63.2 cm³/mol. The Labute approximate surface area is 94.5 Å². The molecule has 2 rings (SSSR count). The van der Waals surface area contributed by atoms with Gasteiger partial charge in [-0.05, 0) is 49.6 Å². The number of Topliss-reactive ketones (excluding diaryl/α,β-unsaturated/α-hetero) is 1. The summed E-state index contributed by atoms with van der Waals surface area (Å²) in [4.78, 5) is 13.0. The van der Waals surface area contributed by atoms with Gasteiger partial charge in [-0.1, -0.05) is 6.07 Å². The van der Waals surface area contributed by atoms with Crippen LogP contribution in [0.2, 0.25) is 0 Å². The maximum Gasteiger partial charge on any atom is 0.175 e. The molecule has 1 heterocycles. The second-order valence-corrected chi connectivity index (χ2v) is 5.24. The van der Waals surface area contributed by atoms with Crippen LogP contribution in [-0.4, -0.2) is 12.3 Å². The molecule has 15 heavy (non-hydrogen) atoms. The van der Waals surface area contributed by atoms with E-state index in [0.717, 1.165) is 37.1 Å². The van der Waals surface area contributed by atoms with Crippen molar-refractivity contribution >= 4 is 17.1 Å². The quantitative estimate of drug-likeness (QED) is 0.801. The molecule has 1 aromatic heterocycles. The van der Waals surface area contributed by atoms with Crippen molar-refractivity contribution < 1.29 is 4.79 Å². The van der Waals surface area contributed by atoms with Crippen LogP contribution in [0.15, 0.2) is 17.5 Å². The lowest BCUT2D eigenvalue weighted by atomic mass is 9.80. The smallest absolute Gasteiger partial charge is 0.175 e. The minimum absolute atomic E-state index is 0.256. The van der Waals surface area contributed by atoms with Crippen LogP contribution in [0.1, 0.15) is 35.4 Å². The summed E-state index contributed by atoms with van der Waals surface area (Å²) >= 11 is 1.56. The molecule has 0 atom stereocenters. The molecule has 1 saturated carbocycles. The number of ketones is 1. The molecular weight excluding hydrogens is 206 g/mol. The second-order valence-electron chi connectivity index (χ2n) is 4.29. The topological polar surface area (TPSA) is 43.1 Å². The molecule has 1 aromatic rings. The van der Waals surface area contributed by atoms with Gasteiger partial charge < -0.3 is 5.73 Å². The number of hydrogen-bond acceptors (Lipinski definition) is 3. The van der Waals surface area contributed by atoms with Crippen molar-refractivity contribution in [2.45, 2.75) is 25.7 Å². The number of nitrogens with two attached hydrogens (primary N) is 1. The summed E-state index contributed by atoms with van der Waals surface area (Å²) in [6.07, 6.45) is 4.30. The van der Waals surface area contributed by atoms with Gasteiger partial charge in [0.15, 0.2) is 5.78 Å². The van der Waals surface area contributed by atoms with Crippen molar-refractivity contribution in [2.24, 2.45) is 17.6 Å². The molecule has 82 valence electrons. The average Bonchev–Trinajstić information content (AvgIpc) is 2.82. The van der Waals surface area contributed by atoms with Crippen LogP contribution in [0, 0.1) is 11.8 Å². The lowest BCUT2D eigenvalue weighted by molar-refractivity contribution is 0.0878. The highest BCUT2D eigenvalue weighted by Gasteiger charge is 2.26. The molecule has 0 radical (unpaired) electrons. The highest BCUT2D eigenvalue weighted by Crippen LogP contribution is 2.31.